The predicted octanol–water partition coefficient (Wildman–Crippen LogP) is 2.00. The molecule has 2 atom stereocenters. The van der Waals surface area contributed by atoms with Crippen molar-refractivity contribution < 1.29 is 24.2 Å². The molecule has 1 aliphatic rings. The molecular weight excluding hydrogens is 300 g/mol. The zero-order valence-corrected chi connectivity index (χ0v) is 14.6. The Bertz CT molecular complexity index is 456. The number of aliphatic carboxylic acids is 1. The number of alkyl carbamates (subject to hydrolysis) is 1. The first-order valence-corrected chi connectivity index (χ1v) is 8.04. The van der Waals surface area contributed by atoms with Gasteiger partial charge in [0.25, 0.3) is 0 Å². The third kappa shape index (κ3) is 6.08. The Morgan fingerprint density at radius 2 is 1.91 bits per heavy atom. The molecule has 7 heteroatoms. The summed E-state index contributed by atoms with van der Waals surface area (Å²) in [5.74, 6) is -1.18. The number of likely N-dealkylation sites (tertiary alicyclic amines) is 1. The van der Waals surface area contributed by atoms with Crippen molar-refractivity contribution in [1.29, 1.82) is 0 Å². The van der Waals surface area contributed by atoms with Gasteiger partial charge in [-0.15, -0.1) is 0 Å². The zero-order chi connectivity index (χ0) is 17.8. The van der Waals surface area contributed by atoms with Crippen LogP contribution < -0.4 is 5.32 Å². The molecule has 23 heavy (non-hydrogen) atoms. The van der Waals surface area contributed by atoms with E-state index in [0.29, 0.717) is 25.8 Å². The summed E-state index contributed by atoms with van der Waals surface area (Å²) in [7, 11) is 0. The van der Waals surface area contributed by atoms with Crippen LogP contribution in [0.3, 0.4) is 0 Å². The Hall–Kier alpha value is -1.79. The minimum atomic E-state index is -1.00. The molecule has 0 radical (unpaired) electrons. The summed E-state index contributed by atoms with van der Waals surface area (Å²) < 4.78 is 5.20. The number of carbonyl (C=O) groups is 3. The van der Waals surface area contributed by atoms with Crippen LogP contribution in [0.5, 0.6) is 0 Å². The summed E-state index contributed by atoms with van der Waals surface area (Å²) in [6.45, 7) is 9.51. The van der Waals surface area contributed by atoms with Crippen molar-refractivity contribution in [1.82, 2.24) is 10.2 Å². The van der Waals surface area contributed by atoms with E-state index in [9.17, 15) is 19.5 Å². The second-order valence-corrected chi connectivity index (χ2v) is 7.36. The molecule has 1 heterocycles. The second-order valence-electron chi connectivity index (χ2n) is 7.36. The maximum atomic E-state index is 12.7. The molecule has 1 fully saturated rings. The molecule has 0 aromatic rings. The summed E-state index contributed by atoms with van der Waals surface area (Å²) in [4.78, 5) is 37.3. The van der Waals surface area contributed by atoms with Crippen LogP contribution in [-0.4, -0.2) is 52.2 Å². The first-order chi connectivity index (χ1) is 10.5. The largest absolute Gasteiger partial charge is 0.480 e. The van der Waals surface area contributed by atoms with Gasteiger partial charge in [0.1, 0.15) is 17.7 Å². The fourth-order valence-corrected chi connectivity index (χ4v) is 2.63. The maximum Gasteiger partial charge on any atom is 0.408 e. The van der Waals surface area contributed by atoms with Crippen LogP contribution >= 0.6 is 0 Å². The minimum Gasteiger partial charge on any atom is -0.480 e. The number of nitrogens with one attached hydrogen (secondary N) is 1. The quantitative estimate of drug-likeness (QED) is 0.805. The molecule has 0 aromatic heterocycles. The van der Waals surface area contributed by atoms with Crippen molar-refractivity contribution in [3.63, 3.8) is 0 Å². The van der Waals surface area contributed by atoms with Gasteiger partial charge in [0, 0.05) is 6.54 Å². The Balaban J connectivity index is 2.82. The van der Waals surface area contributed by atoms with E-state index in [2.05, 4.69) is 5.32 Å². The van der Waals surface area contributed by atoms with Crippen molar-refractivity contribution in [3.8, 4) is 0 Å². The molecular formula is C16H28N2O5. The highest BCUT2D eigenvalue weighted by Crippen LogP contribution is 2.20. The van der Waals surface area contributed by atoms with Gasteiger partial charge in [-0.25, -0.2) is 9.59 Å². The predicted molar refractivity (Wildman–Crippen MR) is 85.0 cm³/mol. The SMILES string of the molecule is CC(C)C[C@@H](NC(=O)OC(C)(C)C)C(=O)N1CCC[C@@H]1C(=O)O. The standard InChI is InChI=1S/C16H28N2O5/c1-10(2)9-11(17-15(22)23-16(3,4)5)13(19)18-8-6-7-12(18)14(20)21/h10-12H,6-9H2,1-5H3,(H,17,22)(H,20,21)/t11-,12-/m1/s1. The second kappa shape index (κ2) is 7.66. The average Bonchev–Trinajstić information content (AvgIpc) is 2.83. The summed E-state index contributed by atoms with van der Waals surface area (Å²) in [5, 5.41) is 11.8. The number of rotatable bonds is 5. The highest BCUT2D eigenvalue weighted by molar-refractivity contribution is 5.89. The Labute approximate surface area is 137 Å². The van der Waals surface area contributed by atoms with Crippen molar-refractivity contribution >= 4 is 18.0 Å². The minimum absolute atomic E-state index is 0.171. The van der Waals surface area contributed by atoms with Gasteiger partial charge in [0.2, 0.25) is 5.91 Å². The number of nitrogens with zero attached hydrogens (tertiary/aromatic N) is 1. The smallest absolute Gasteiger partial charge is 0.408 e. The first kappa shape index (κ1) is 19.3. The molecule has 0 saturated carbocycles. The lowest BCUT2D eigenvalue weighted by molar-refractivity contribution is -0.149. The van der Waals surface area contributed by atoms with Gasteiger partial charge in [-0.1, -0.05) is 13.8 Å². The van der Waals surface area contributed by atoms with E-state index in [0.717, 1.165) is 0 Å². The van der Waals surface area contributed by atoms with Crippen LogP contribution in [-0.2, 0) is 14.3 Å². The van der Waals surface area contributed by atoms with E-state index in [1.54, 1.807) is 20.8 Å². The Morgan fingerprint density at radius 1 is 1.30 bits per heavy atom. The number of carbonyl (C=O) groups excluding carboxylic acids is 2. The molecule has 1 aliphatic heterocycles. The van der Waals surface area contributed by atoms with Gasteiger partial charge in [0.05, 0.1) is 0 Å². The zero-order valence-electron chi connectivity index (χ0n) is 14.6. The average molecular weight is 328 g/mol. The number of carboxylic acids is 1. The molecule has 0 aromatic carbocycles. The van der Waals surface area contributed by atoms with Gasteiger partial charge in [-0.2, -0.15) is 0 Å². The summed E-state index contributed by atoms with van der Waals surface area (Å²) in [5.41, 5.74) is -0.660. The lowest BCUT2D eigenvalue weighted by Crippen LogP contribution is -2.52. The van der Waals surface area contributed by atoms with Crippen molar-refractivity contribution in [2.75, 3.05) is 6.54 Å². The molecule has 0 spiro atoms. The highest BCUT2D eigenvalue weighted by atomic mass is 16.6. The summed E-state index contributed by atoms with van der Waals surface area (Å²) in [6, 6.07) is -1.58. The highest BCUT2D eigenvalue weighted by Gasteiger charge is 2.38. The topological polar surface area (TPSA) is 95.9 Å². The Kier molecular flexibility index (Phi) is 6.41. The van der Waals surface area contributed by atoms with E-state index >= 15 is 0 Å². The van der Waals surface area contributed by atoms with E-state index in [1.165, 1.54) is 4.90 Å². The number of hydrogen-bond donors (Lipinski definition) is 2. The van der Waals surface area contributed by atoms with E-state index in [1.807, 2.05) is 13.8 Å². The van der Waals surface area contributed by atoms with E-state index < -0.39 is 29.7 Å². The van der Waals surface area contributed by atoms with Gasteiger partial charge in [-0.05, 0) is 46.0 Å². The molecule has 7 nitrogen and oxygen atoms in total. The monoisotopic (exact) mass is 328 g/mol. The van der Waals surface area contributed by atoms with E-state index in [4.69, 9.17) is 4.74 Å². The molecule has 2 amide bonds. The van der Waals surface area contributed by atoms with Crippen LogP contribution in [0.1, 0.15) is 53.9 Å². The molecule has 1 rings (SSSR count). The first-order valence-electron chi connectivity index (χ1n) is 8.04. The fourth-order valence-electron chi connectivity index (χ4n) is 2.63. The lowest BCUT2D eigenvalue weighted by atomic mass is 10.0. The molecule has 132 valence electrons. The van der Waals surface area contributed by atoms with Gasteiger partial charge in [-0.3, -0.25) is 4.79 Å². The third-order valence-corrected chi connectivity index (χ3v) is 3.52. The van der Waals surface area contributed by atoms with Crippen LogP contribution in [0.25, 0.3) is 0 Å². The molecule has 0 aliphatic carbocycles. The molecule has 1 saturated heterocycles. The van der Waals surface area contributed by atoms with Gasteiger partial charge < -0.3 is 20.1 Å². The van der Waals surface area contributed by atoms with Crippen molar-refractivity contribution in [3.05, 3.63) is 0 Å². The molecule has 0 unspecified atom stereocenters. The number of amides is 2. The lowest BCUT2D eigenvalue weighted by Gasteiger charge is -2.29. The number of ether oxygens (including phenoxy) is 1. The number of hydrogen-bond acceptors (Lipinski definition) is 4. The van der Waals surface area contributed by atoms with Gasteiger partial charge in [0.15, 0.2) is 0 Å². The fraction of sp³-hybridized carbons (Fsp3) is 0.812. The van der Waals surface area contributed by atoms with E-state index in [-0.39, 0.29) is 11.8 Å². The third-order valence-electron chi connectivity index (χ3n) is 3.52. The normalized spacial score (nSPS) is 19.6. The van der Waals surface area contributed by atoms with Crippen LogP contribution in [0.2, 0.25) is 0 Å². The van der Waals surface area contributed by atoms with Crippen molar-refractivity contribution in [2.24, 2.45) is 5.92 Å². The van der Waals surface area contributed by atoms with Gasteiger partial charge >= 0.3 is 12.1 Å². The number of carboxylic acid groups (broad SMARTS) is 1. The van der Waals surface area contributed by atoms with Crippen LogP contribution in [0.4, 0.5) is 4.79 Å². The Morgan fingerprint density at radius 3 is 2.39 bits per heavy atom. The van der Waals surface area contributed by atoms with Crippen LogP contribution in [0, 0.1) is 5.92 Å². The summed E-state index contributed by atoms with van der Waals surface area (Å²) >= 11 is 0. The van der Waals surface area contributed by atoms with Crippen LogP contribution in [0.15, 0.2) is 0 Å². The maximum absolute atomic E-state index is 12.7. The van der Waals surface area contributed by atoms with Crippen molar-refractivity contribution in [2.45, 2.75) is 71.6 Å². The molecule has 2 N–H and O–H groups in total. The molecule has 0 bridgehead atoms. The summed E-state index contributed by atoms with van der Waals surface area (Å²) in [6.07, 6.45) is 0.870.